The lowest BCUT2D eigenvalue weighted by molar-refractivity contribution is -0.386. The molecule has 0 saturated heterocycles. The van der Waals surface area contributed by atoms with Crippen molar-refractivity contribution < 1.29 is 19.9 Å². The van der Waals surface area contributed by atoms with Crippen LogP contribution in [0.1, 0.15) is 18.4 Å². The van der Waals surface area contributed by atoms with Gasteiger partial charge in [-0.3, -0.25) is 14.9 Å². The molecule has 17 heavy (non-hydrogen) atoms. The molecule has 1 saturated carbocycles. The van der Waals surface area contributed by atoms with Crippen molar-refractivity contribution in [3.05, 3.63) is 32.3 Å². The fraction of sp³-hybridized carbons (Fsp3) is 0.300. The third-order valence-corrected chi connectivity index (χ3v) is 3.56. The van der Waals surface area contributed by atoms with Gasteiger partial charge < -0.3 is 10.2 Å². The summed E-state index contributed by atoms with van der Waals surface area (Å²) in [6.45, 7) is 0. The first kappa shape index (κ1) is 11.8. The lowest BCUT2D eigenvalue weighted by atomic mass is 9.95. The molecule has 1 fully saturated rings. The third-order valence-electron chi connectivity index (χ3n) is 2.95. The molecule has 2 N–H and O–H groups in total. The Morgan fingerprint density at radius 3 is 2.47 bits per heavy atom. The molecule has 0 heterocycles. The number of aromatic hydroxyl groups is 1. The van der Waals surface area contributed by atoms with Gasteiger partial charge in [-0.1, -0.05) is 0 Å². The first-order valence-corrected chi connectivity index (χ1v) is 5.58. The van der Waals surface area contributed by atoms with Crippen molar-refractivity contribution in [2.24, 2.45) is 0 Å². The minimum atomic E-state index is -1.03. The SMILES string of the molecule is O=C(O)C1(c2cc(Br)c(O)c([N+](=O)[O-])c2)CC1. The summed E-state index contributed by atoms with van der Waals surface area (Å²) in [6, 6.07) is 2.55. The number of carboxylic acid groups (broad SMARTS) is 1. The molecule has 7 heteroatoms. The number of nitro benzene ring substituents is 1. The van der Waals surface area contributed by atoms with Crippen molar-refractivity contribution >= 4 is 27.6 Å². The highest BCUT2D eigenvalue weighted by molar-refractivity contribution is 9.10. The van der Waals surface area contributed by atoms with E-state index in [1.807, 2.05) is 0 Å². The number of hydrogen-bond donors (Lipinski definition) is 2. The van der Waals surface area contributed by atoms with Crippen molar-refractivity contribution in [1.29, 1.82) is 0 Å². The van der Waals surface area contributed by atoms with Gasteiger partial charge in [-0.2, -0.15) is 0 Å². The minimum Gasteiger partial charge on any atom is -0.501 e. The number of nitro groups is 1. The summed E-state index contributed by atoms with van der Waals surface area (Å²) in [5.74, 6) is -1.48. The highest BCUT2D eigenvalue weighted by atomic mass is 79.9. The molecule has 6 nitrogen and oxygen atoms in total. The van der Waals surface area contributed by atoms with Gasteiger partial charge >= 0.3 is 11.7 Å². The summed E-state index contributed by atoms with van der Waals surface area (Å²) >= 11 is 2.99. The molecular formula is C10H8BrNO5. The first-order valence-electron chi connectivity index (χ1n) is 4.79. The average molecular weight is 302 g/mol. The van der Waals surface area contributed by atoms with E-state index in [4.69, 9.17) is 5.11 Å². The van der Waals surface area contributed by atoms with E-state index in [9.17, 15) is 20.0 Å². The molecule has 0 atom stereocenters. The van der Waals surface area contributed by atoms with E-state index in [-0.39, 0.29) is 4.47 Å². The summed E-state index contributed by atoms with van der Waals surface area (Å²) in [5, 5.41) is 29.3. The Kier molecular flexibility index (Phi) is 2.57. The number of halogens is 1. The van der Waals surface area contributed by atoms with Crippen LogP contribution in [-0.4, -0.2) is 21.1 Å². The Labute approximate surface area is 104 Å². The van der Waals surface area contributed by atoms with Crippen LogP contribution in [0.4, 0.5) is 5.69 Å². The second-order valence-corrected chi connectivity index (χ2v) is 4.82. The number of phenolic OH excluding ortho intramolecular Hbond substituents is 1. The van der Waals surface area contributed by atoms with E-state index >= 15 is 0 Å². The number of carboxylic acids is 1. The number of aliphatic carboxylic acids is 1. The Hall–Kier alpha value is -1.63. The van der Waals surface area contributed by atoms with Crippen molar-refractivity contribution in [1.82, 2.24) is 0 Å². The average Bonchev–Trinajstić information content (AvgIpc) is 3.02. The largest absolute Gasteiger partial charge is 0.501 e. The lowest BCUT2D eigenvalue weighted by Crippen LogP contribution is -2.19. The molecule has 0 bridgehead atoms. The van der Waals surface area contributed by atoms with Crippen molar-refractivity contribution in [3.63, 3.8) is 0 Å². The quantitative estimate of drug-likeness (QED) is 0.658. The number of benzene rings is 1. The molecule has 0 radical (unpaired) electrons. The highest BCUT2D eigenvalue weighted by Crippen LogP contribution is 2.51. The minimum absolute atomic E-state index is 0.134. The zero-order valence-electron chi connectivity index (χ0n) is 8.51. The smallest absolute Gasteiger partial charge is 0.314 e. The van der Waals surface area contributed by atoms with Gasteiger partial charge in [0.2, 0.25) is 5.75 Å². The zero-order chi connectivity index (χ0) is 12.8. The fourth-order valence-electron chi connectivity index (χ4n) is 1.75. The van der Waals surface area contributed by atoms with E-state index in [2.05, 4.69) is 15.9 Å². The summed E-state index contributed by atoms with van der Waals surface area (Å²) in [7, 11) is 0. The van der Waals surface area contributed by atoms with E-state index in [1.165, 1.54) is 6.07 Å². The monoisotopic (exact) mass is 301 g/mol. The second-order valence-electron chi connectivity index (χ2n) is 3.97. The van der Waals surface area contributed by atoms with Crippen LogP contribution in [0, 0.1) is 10.1 Å². The summed E-state index contributed by atoms with van der Waals surface area (Å²) < 4.78 is 0.134. The van der Waals surface area contributed by atoms with Crippen LogP contribution in [0.5, 0.6) is 5.75 Å². The summed E-state index contributed by atoms with van der Waals surface area (Å²) in [5.41, 5.74) is -1.16. The van der Waals surface area contributed by atoms with Gasteiger partial charge in [0.15, 0.2) is 0 Å². The van der Waals surface area contributed by atoms with E-state index in [0.717, 1.165) is 6.07 Å². The van der Waals surface area contributed by atoms with Crippen LogP contribution in [0.3, 0.4) is 0 Å². The molecule has 1 aromatic carbocycles. The molecule has 0 spiro atoms. The molecule has 0 aliphatic heterocycles. The lowest BCUT2D eigenvalue weighted by Gasteiger charge is -2.11. The van der Waals surface area contributed by atoms with Gasteiger partial charge in [-0.15, -0.1) is 0 Å². The Balaban J connectivity index is 2.58. The molecule has 2 rings (SSSR count). The predicted molar refractivity (Wildman–Crippen MR) is 61.0 cm³/mol. The standard InChI is InChI=1S/C10H8BrNO5/c11-6-3-5(10(1-2-10)9(14)15)4-7(8(6)13)12(16)17/h3-4,13H,1-2H2,(H,14,15). The Morgan fingerprint density at radius 1 is 1.47 bits per heavy atom. The zero-order valence-corrected chi connectivity index (χ0v) is 10.1. The molecular weight excluding hydrogens is 294 g/mol. The Bertz CT molecular complexity index is 524. The maximum absolute atomic E-state index is 11.1. The van der Waals surface area contributed by atoms with Crippen LogP contribution >= 0.6 is 15.9 Å². The molecule has 1 aliphatic rings. The van der Waals surface area contributed by atoms with Crippen LogP contribution < -0.4 is 0 Å². The Morgan fingerprint density at radius 2 is 2.06 bits per heavy atom. The van der Waals surface area contributed by atoms with Gasteiger partial charge in [-0.05, 0) is 40.4 Å². The van der Waals surface area contributed by atoms with Crippen LogP contribution in [0.2, 0.25) is 0 Å². The number of nitrogens with zero attached hydrogens (tertiary/aromatic N) is 1. The summed E-state index contributed by atoms with van der Waals surface area (Å²) in [4.78, 5) is 21.1. The van der Waals surface area contributed by atoms with Gasteiger partial charge in [0.1, 0.15) is 0 Å². The predicted octanol–water partition coefficient (Wildman–Crippen LogP) is 2.18. The number of carbonyl (C=O) groups is 1. The molecule has 1 aromatic rings. The van der Waals surface area contributed by atoms with Gasteiger partial charge in [-0.25, -0.2) is 0 Å². The molecule has 1 aliphatic carbocycles. The topological polar surface area (TPSA) is 101 Å². The fourth-order valence-corrected chi connectivity index (χ4v) is 2.20. The van der Waals surface area contributed by atoms with E-state index < -0.39 is 27.7 Å². The van der Waals surface area contributed by atoms with Gasteiger partial charge in [0, 0.05) is 6.07 Å². The van der Waals surface area contributed by atoms with E-state index in [0.29, 0.717) is 18.4 Å². The number of hydrogen-bond acceptors (Lipinski definition) is 4. The number of phenols is 1. The summed E-state index contributed by atoms with van der Waals surface area (Å²) in [6.07, 6.45) is 0.910. The number of rotatable bonds is 3. The second kappa shape index (κ2) is 3.69. The van der Waals surface area contributed by atoms with Crippen LogP contribution in [0.25, 0.3) is 0 Å². The van der Waals surface area contributed by atoms with E-state index in [1.54, 1.807) is 0 Å². The molecule has 0 aromatic heterocycles. The van der Waals surface area contributed by atoms with Crippen molar-refractivity contribution in [2.75, 3.05) is 0 Å². The normalized spacial score (nSPS) is 16.5. The maximum atomic E-state index is 11.1. The van der Waals surface area contributed by atoms with Crippen molar-refractivity contribution in [2.45, 2.75) is 18.3 Å². The first-order chi connectivity index (χ1) is 7.88. The highest BCUT2D eigenvalue weighted by Gasteiger charge is 2.52. The van der Waals surface area contributed by atoms with Crippen LogP contribution in [-0.2, 0) is 10.2 Å². The van der Waals surface area contributed by atoms with Crippen LogP contribution in [0.15, 0.2) is 16.6 Å². The van der Waals surface area contributed by atoms with Gasteiger partial charge in [0.05, 0.1) is 14.8 Å². The maximum Gasteiger partial charge on any atom is 0.314 e. The molecule has 90 valence electrons. The molecule has 0 amide bonds. The third kappa shape index (κ3) is 1.76. The van der Waals surface area contributed by atoms with Gasteiger partial charge in [0.25, 0.3) is 0 Å². The van der Waals surface area contributed by atoms with Crippen molar-refractivity contribution in [3.8, 4) is 5.75 Å². The molecule has 0 unspecified atom stereocenters.